The van der Waals surface area contributed by atoms with Crippen LogP contribution in [-0.4, -0.2) is 33.2 Å². The molecule has 1 atom stereocenters. The SMILES string of the molecule is CC1(C)C(O)CCCN1Cc1ccncc1. The van der Waals surface area contributed by atoms with E-state index in [-0.39, 0.29) is 11.6 Å². The van der Waals surface area contributed by atoms with Crippen molar-refractivity contribution in [2.75, 3.05) is 6.54 Å². The van der Waals surface area contributed by atoms with E-state index in [1.54, 1.807) is 0 Å². The summed E-state index contributed by atoms with van der Waals surface area (Å²) >= 11 is 0. The minimum atomic E-state index is -0.219. The van der Waals surface area contributed by atoms with Crippen molar-refractivity contribution in [3.05, 3.63) is 30.1 Å². The maximum atomic E-state index is 10.0. The molecule has 1 N–H and O–H groups in total. The summed E-state index contributed by atoms with van der Waals surface area (Å²) in [6.07, 6.45) is 5.42. The predicted octanol–water partition coefficient (Wildman–Crippen LogP) is 1.82. The van der Waals surface area contributed by atoms with Crippen molar-refractivity contribution in [3.63, 3.8) is 0 Å². The van der Waals surface area contributed by atoms with Gasteiger partial charge in [0, 0.05) is 24.5 Å². The lowest BCUT2D eigenvalue weighted by Gasteiger charge is -2.46. The second kappa shape index (κ2) is 4.52. The van der Waals surface area contributed by atoms with Gasteiger partial charge in [-0.25, -0.2) is 0 Å². The minimum absolute atomic E-state index is 0.123. The molecule has 0 aliphatic carbocycles. The van der Waals surface area contributed by atoms with Gasteiger partial charge >= 0.3 is 0 Å². The minimum Gasteiger partial charge on any atom is -0.391 e. The molecule has 0 spiro atoms. The van der Waals surface area contributed by atoms with E-state index in [0.717, 1.165) is 25.9 Å². The van der Waals surface area contributed by atoms with E-state index in [1.807, 2.05) is 24.5 Å². The van der Waals surface area contributed by atoms with E-state index < -0.39 is 0 Å². The number of rotatable bonds is 2. The molecule has 0 amide bonds. The van der Waals surface area contributed by atoms with Gasteiger partial charge in [-0.15, -0.1) is 0 Å². The average Bonchev–Trinajstić information content (AvgIpc) is 2.27. The van der Waals surface area contributed by atoms with Crippen LogP contribution in [0.2, 0.25) is 0 Å². The van der Waals surface area contributed by atoms with Crippen molar-refractivity contribution < 1.29 is 5.11 Å². The molecule has 1 aromatic rings. The summed E-state index contributed by atoms with van der Waals surface area (Å²) in [5, 5.41) is 10.0. The molecule has 1 fully saturated rings. The molecule has 3 nitrogen and oxygen atoms in total. The van der Waals surface area contributed by atoms with Crippen molar-refractivity contribution in [1.29, 1.82) is 0 Å². The van der Waals surface area contributed by atoms with Gasteiger partial charge in [0.2, 0.25) is 0 Å². The van der Waals surface area contributed by atoms with Gasteiger partial charge in [0.05, 0.1) is 6.10 Å². The first-order chi connectivity index (χ1) is 7.60. The number of likely N-dealkylation sites (tertiary alicyclic amines) is 1. The molecule has 16 heavy (non-hydrogen) atoms. The number of nitrogens with zero attached hydrogens (tertiary/aromatic N) is 2. The summed E-state index contributed by atoms with van der Waals surface area (Å²) in [4.78, 5) is 6.38. The van der Waals surface area contributed by atoms with Crippen LogP contribution < -0.4 is 0 Å². The molecule has 2 heterocycles. The quantitative estimate of drug-likeness (QED) is 0.826. The van der Waals surface area contributed by atoms with Gasteiger partial charge in [0.15, 0.2) is 0 Å². The van der Waals surface area contributed by atoms with Gasteiger partial charge in [-0.1, -0.05) is 0 Å². The molecule has 3 heteroatoms. The number of aliphatic hydroxyl groups excluding tert-OH is 1. The molecule has 1 saturated heterocycles. The van der Waals surface area contributed by atoms with Gasteiger partial charge in [-0.3, -0.25) is 9.88 Å². The zero-order valence-electron chi connectivity index (χ0n) is 10.1. The largest absolute Gasteiger partial charge is 0.391 e. The van der Waals surface area contributed by atoms with Gasteiger partial charge in [-0.2, -0.15) is 0 Å². The van der Waals surface area contributed by atoms with Crippen LogP contribution in [0.4, 0.5) is 0 Å². The molecular formula is C13H20N2O. The van der Waals surface area contributed by atoms with Crippen molar-refractivity contribution in [1.82, 2.24) is 9.88 Å². The van der Waals surface area contributed by atoms with E-state index in [1.165, 1.54) is 5.56 Å². The highest BCUT2D eigenvalue weighted by atomic mass is 16.3. The van der Waals surface area contributed by atoms with Crippen LogP contribution in [0.15, 0.2) is 24.5 Å². The monoisotopic (exact) mass is 220 g/mol. The van der Waals surface area contributed by atoms with Gasteiger partial charge in [0.1, 0.15) is 0 Å². The average molecular weight is 220 g/mol. The van der Waals surface area contributed by atoms with E-state index in [4.69, 9.17) is 0 Å². The summed E-state index contributed by atoms with van der Waals surface area (Å²) in [6, 6.07) is 4.08. The molecule has 1 aromatic heterocycles. The molecule has 0 saturated carbocycles. The standard InChI is InChI=1S/C13H20N2O/c1-13(2)12(16)4-3-9-15(13)10-11-5-7-14-8-6-11/h5-8,12,16H,3-4,9-10H2,1-2H3. The van der Waals surface area contributed by atoms with E-state index in [9.17, 15) is 5.11 Å². The van der Waals surface area contributed by atoms with Crippen LogP contribution in [0.3, 0.4) is 0 Å². The first-order valence-corrected chi connectivity index (χ1v) is 5.93. The third-order valence-electron chi connectivity index (χ3n) is 3.66. The first-order valence-electron chi connectivity index (χ1n) is 5.93. The summed E-state index contributed by atoms with van der Waals surface area (Å²) in [5.41, 5.74) is 1.14. The normalized spacial score (nSPS) is 25.6. The highest BCUT2D eigenvalue weighted by molar-refractivity contribution is 5.10. The van der Waals surface area contributed by atoms with E-state index >= 15 is 0 Å². The zero-order valence-corrected chi connectivity index (χ0v) is 10.1. The van der Waals surface area contributed by atoms with E-state index in [0.29, 0.717) is 0 Å². The van der Waals surface area contributed by atoms with Crippen LogP contribution in [0.5, 0.6) is 0 Å². The lowest BCUT2D eigenvalue weighted by molar-refractivity contribution is -0.0481. The van der Waals surface area contributed by atoms with Crippen LogP contribution in [-0.2, 0) is 6.54 Å². The first kappa shape index (κ1) is 11.6. The Morgan fingerprint density at radius 2 is 2.12 bits per heavy atom. The molecule has 1 aliphatic rings. The van der Waals surface area contributed by atoms with Crippen LogP contribution in [0.25, 0.3) is 0 Å². The fraction of sp³-hybridized carbons (Fsp3) is 0.615. The second-order valence-electron chi connectivity index (χ2n) is 5.09. The number of pyridine rings is 1. The molecule has 0 aromatic carbocycles. The molecule has 0 bridgehead atoms. The predicted molar refractivity (Wildman–Crippen MR) is 64.0 cm³/mol. The summed E-state index contributed by atoms with van der Waals surface area (Å²) in [7, 11) is 0. The number of piperidine rings is 1. The van der Waals surface area contributed by atoms with Crippen LogP contribution >= 0.6 is 0 Å². The Hall–Kier alpha value is -0.930. The van der Waals surface area contributed by atoms with Gasteiger partial charge in [0.25, 0.3) is 0 Å². The maximum Gasteiger partial charge on any atom is 0.0719 e. The van der Waals surface area contributed by atoms with Crippen molar-refractivity contribution in [2.45, 2.75) is 44.9 Å². The second-order valence-corrected chi connectivity index (χ2v) is 5.09. The molecule has 1 aliphatic heterocycles. The number of aromatic nitrogens is 1. The Morgan fingerprint density at radius 1 is 1.44 bits per heavy atom. The highest BCUT2D eigenvalue weighted by Crippen LogP contribution is 2.29. The Labute approximate surface area is 97.1 Å². The Kier molecular flexibility index (Phi) is 3.26. The summed E-state index contributed by atoms with van der Waals surface area (Å²) in [6.45, 7) is 6.20. The smallest absolute Gasteiger partial charge is 0.0719 e. The molecular weight excluding hydrogens is 200 g/mol. The number of aliphatic hydroxyl groups is 1. The fourth-order valence-electron chi connectivity index (χ4n) is 2.32. The molecule has 1 unspecified atom stereocenters. The van der Waals surface area contributed by atoms with Crippen LogP contribution in [0, 0.1) is 0 Å². The molecule has 88 valence electrons. The van der Waals surface area contributed by atoms with Crippen molar-refractivity contribution in [3.8, 4) is 0 Å². The van der Waals surface area contributed by atoms with Gasteiger partial charge < -0.3 is 5.11 Å². The number of hydrogen-bond acceptors (Lipinski definition) is 3. The molecule has 0 radical (unpaired) electrons. The lowest BCUT2D eigenvalue weighted by Crippen LogP contribution is -2.55. The van der Waals surface area contributed by atoms with Crippen LogP contribution in [0.1, 0.15) is 32.3 Å². The number of hydrogen-bond donors (Lipinski definition) is 1. The van der Waals surface area contributed by atoms with Gasteiger partial charge in [-0.05, 0) is 50.9 Å². The fourth-order valence-corrected chi connectivity index (χ4v) is 2.32. The topological polar surface area (TPSA) is 36.4 Å². The van der Waals surface area contributed by atoms with E-state index in [2.05, 4.69) is 23.7 Å². The highest BCUT2D eigenvalue weighted by Gasteiger charge is 2.37. The third kappa shape index (κ3) is 2.25. The van der Waals surface area contributed by atoms with Crippen molar-refractivity contribution in [2.24, 2.45) is 0 Å². The third-order valence-corrected chi connectivity index (χ3v) is 3.66. The Bertz CT molecular complexity index is 337. The van der Waals surface area contributed by atoms with Crippen molar-refractivity contribution >= 4 is 0 Å². The maximum absolute atomic E-state index is 10.0. The summed E-state index contributed by atoms with van der Waals surface area (Å²) < 4.78 is 0. The molecule has 2 rings (SSSR count). The Balaban J connectivity index is 2.09. The Morgan fingerprint density at radius 3 is 2.81 bits per heavy atom. The summed E-state index contributed by atoms with van der Waals surface area (Å²) in [5.74, 6) is 0. The lowest BCUT2D eigenvalue weighted by atomic mass is 9.87. The zero-order chi connectivity index (χ0) is 11.6.